The molecule has 3 heteroatoms. The van der Waals surface area contributed by atoms with Crippen LogP contribution in [0.4, 0.5) is 0 Å². The summed E-state index contributed by atoms with van der Waals surface area (Å²) < 4.78 is 0. The zero-order valence-electron chi connectivity index (χ0n) is 10.6. The number of rotatable bonds is 4. The number of carbonyl (C=O) groups is 1. The lowest BCUT2D eigenvalue weighted by Gasteiger charge is -2.29. The van der Waals surface area contributed by atoms with Crippen molar-refractivity contribution < 1.29 is 4.79 Å². The highest BCUT2D eigenvalue weighted by atomic mass is 16.1. The van der Waals surface area contributed by atoms with Crippen LogP contribution in [0, 0.1) is 0 Å². The summed E-state index contributed by atoms with van der Waals surface area (Å²) in [6, 6.07) is 8.85. The monoisotopic (exact) mass is 244 g/mol. The molecule has 96 valence electrons. The second-order valence-electron chi connectivity index (χ2n) is 5.33. The zero-order chi connectivity index (χ0) is 12.4. The second-order valence-corrected chi connectivity index (χ2v) is 5.33. The molecule has 0 aromatic heterocycles. The first-order valence-corrected chi connectivity index (χ1v) is 6.93. The Hall–Kier alpha value is -1.35. The number of amides is 1. The minimum atomic E-state index is 0.0951. The average molecular weight is 244 g/mol. The van der Waals surface area contributed by atoms with E-state index in [0.29, 0.717) is 6.04 Å². The molecule has 1 heterocycles. The smallest absolute Gasteiger partial charge is 0.227 e. The van der Waals surface area contributed by atoms with Gasteiger partial charge in [-0.1, -0.05) is 24.3 Å². The van der Waals surface area contributed by atoms with Crippen LogP contribution in [-0.4, -0.2) is 25.0 Å². The van der Waals surface area contributed by atoms with Crippen LogP contribution in [0.15, 0.2) is 24.3 Å². The fourth-order valence-electron chi connectivity index (χ4n) is 2.99. The summed E-state index contributed by atoms with van der Waals surface area (Å²) in [6.45, 7) is 1.93. The average Bonchev–Trinajstić information content (AvgIpc) is 2.84. The maximum Gasteiger partial charge on any atom is 0.227 e. The van der Waals surface area contributed by atoms with Crippen molar-refractivity contribution in [1.29, 1.82) is 0 Å². The first-order chi connectivity index (χ1) is 8.84. The van der Waals surface area contributed by atoms with Gasteiger partial charge in [0.25, 0.3) is 0 Å². The van der Waals surface area contributed by atoms with Crippen molar-refractivity contribution in [3.8, 4) is 0 Å². The minimum absolute atomic E-state index is 0.0951. The molecule has 0 spiro atoms. The molecule has 2 N–H and O–H groups in total. The van der Waals surface area contributed by atoms with Crippen molar-refractivity contribution in [3.63, 3.8) is 0 Å². The van der Waals surface area contributed by atoms with Crippen LogP contribution in [-0.2, 0) is 11.2 Å². The summed E-state index contributed by atoms with van der Waals surface area (Å²) in [5, 5.41) is 6.53. The molecule has 0 radical (unpaired) electrons. The maximum absolute atomic E-state index is 12.0. The highest BCUT2D eigenvalue weighted by Crippen LogP contribution is 2.34. The lowest BCUT2D eigenvalue weighted by atomic mass is 9.77. The lowest BCUT2D eigenvalue weighted by molar-refractivity contribution is -0.123. The Bertz CT molecular complexity index is 438. The largest absolute Gasteiger partial charge is 0.356 e. The minimum Gasteiger partial charge on any atom is -0.356 e. The van der Waals surface area contributed by atoms with E-state index in [1.54, 1.807) is 0 Å². The summed E-state index contributed by atoms with van der Waals surface area (Å²) in [6.07, 6.45) is 4.49. The SMILES string of the molecule is O=C(NCCC1CCCN1)C1Cc2ccccc21. The van der Waals surface area contributed by atoms with Gasteiger partial charge in [-0.15, -0.1) is 0 Å². The molecule has 1 aliphatic carbocycles. The quantitative estimate of drug-likeness (QED) is 0.844. The van der Waals surface area contributed by atoms with Gasteiger partial charge in [-0.25, -0.2) is 0 Å². The van der Waals surface area contributed by atoms with Gasteiger partial charge in [-0.2, -0.15) is 0 Å². The molecule has 1 aromatic rings. The molecule has 1 saturated heterocycles. The van der Waals surface area contributed by atoms with Gasteiger partial charge >= 0.3 is 0 Å². The summed E-state index contributed by atoms with van der Waals surface area (Å²) in [4.78, 5) is 12.0. The van der Waals surface area contributed by atoms with Gasteiger partial charge in [0.15, 0.2) is 0 Å². The van der Waals surface area contributed by atoms with E-state index in [-0.39, 0.29) is 11.8 Å². The van der Waals surface area contributed by atoms with E-state index in [4.69, 9.17) is 0 Å². The maximum atomic E-state index is 12.0. The fraction of sp³-hybridized carbons (Fsp3) is 0.533. The van der Waals surface area contributed by atoms with Crippen molar-refractivity contribution in [2.75, 3.05) is 13.1 Å². The topological polar surface area (TPSA) is 41.1 Å². The van der Waals surface area contributed by atoms with E-state index < -0.39 is 0 Å². The lowest BCUT2D eigenvalue weighted by Crippen LogP contribution is -2.37. The molecule has 2 unspecified atom stereocenters. The number of hydrogen-bond donors (Lipinski definition) is 2. The van der Waals surface area contributed by atoms with Crippen molar-refractivity contribution in [1.82, 2.24) is 10.6 Å². The third-order valence-electron chi connectivity index (χ3n) is 4.13. The van der Waals surface area contributed by atoms with Crippen molar-refractivity contribution in [3.05, 3.63) is 35.4 Å². The second kappa shape index (κ2) is 5.11. The third-order valence-corrected chi connectivity index (χ3v) is 4.13. The van der Waals surface area contributed by atoms with E-state index in [0.717, 1.165) is 25.9 Å². The molecule has 3 rings (SSSR count). The summed E-state index contributed by atoms with van der Waals surface area (Å²) in [5.74, 6) is 0.296. The summed E-state index contributed by atoms with van der Waals surface area (Å²) in [5.41, 5.74) is 2.55. The molecular weight excluding hydrogens is 224 g/mol. The Morgan fingerprint density at radius 2 is 2.28 bits per heavy atom. The Morgan fingerprint density at radius 3 is 3.06 bits per heavy atom. The molecule has 0 bridgehead atoms. The van der Waals surface area contributed by atoms with Crippen LogP contribution in [0.25, 0.3) is 0 Å². The first kappa shape index (κ1) is 11.7. The molecule has 1 amide bonds. The van der Waals surface area contributed by atoms with Crippen LogP contribution in [0.2, 0.25) is 0 Å². The van der Waals surface area contributed by atoms with Crippen LogP contribution in [0.5, 0.6) is 0 Å². The number of benzene rings is 1. The molecule has 1 fully saturated rings. The Morgan fingerprint density at radius 1 is 1.39 bits per heavy atom. The highest BCUT2D eigenvalue weighted by Gasteiger charge is 2.31. The van der Waals surface area contributed by atoms with Crippen LogP contribution >= 0.6 is 0 Å². The molecule has 0 saturated carbocycles. The number of carbonyl (C=O) groups excluding carboxylic acids is 1. The van der Waals surface area contributed by atoms with E-state index >= 15 is 0 Å². The highest BCUT2D eigenvalue weighted by molar-refractivity contribution is 5.86. The van der Waals surface area contributed by atoms with Gasteiger partial charge in [-0.05, 0) is 43.4 Å². The van der Waals surface area contributed by atoms with Gasteiger partial charge in [0.05, 0.1) is 5.92 Å². The molecule has 2 aliphatic rings. The summed E-state index contributed by atoms with van der Waals surface area (Å²) >= 11 is 0. The molecule has 2 atom stereocenters. The third kappa shape index (κ3) is 2.27. The zero-order valence-corrected chi connectivity index (χ0v) is 10.6. The first-order valence-electron chi connectivity index (χ1n) is 6.93. The van der Waals surface area contributed by atoms with Crippen LogP contribution < -0.4 is 10.6 Å². The van der Waals surface area contributed by atoms with Crippen LogP contribution in [0.1, 0.15) is 36.3 Å². The van der Waals surface area contributed by atoms with Gasteiger partial charge in [0, 0.05) is 12.6 Å². The van der Waals surface area contributed by atoms with Gasteiger partial charge in [-0.3, -0.25) is 4.79 Å². The number of fused-ring (bicyclic) bond motifs is 1. The predicted octanol–water partition coefficient (Wildman–Crippen LogP) is 1.58. The Labute approximate surface area is 108 Å². The predicted molar refractivity (Wildman–Crippen MR) is 71.5 cm³/mol. The number of hydrogen-bond acceptors (Lipinski definition) is 2. The van der Waals surface area contributed by atoms with E-state index in [2.05, 4.69) is 22.8 Å². The summed E-state index contributed by atoms with van der Waals surface area (Å²) in [7, 11) is 0. The molecule has 1 aliphatic heterocycles. The number of nitrogens with one attached hydrogen (secondary N) is 2. The molecule has 18 heavy (non-hydrogen) atoms. The van der Waals surface area contributed by atoms with E-state index in [1.807, 2.05) is 12.1 Å². The van der Waals surface area contributed by atoms with Crippen LogP contribution in [0.3, 0.4) is 0 Å². The van der Waals surface area contributed by atoms with E-state index in [1.165, 1.54) is 24.0 Å². The van der Waals surface area contributed by atoms with Gasteiger partial charge in [0.1, 0.15) is 0 Å². The van der Waals surface area contributed by atoms with Gasteiger partial charge < -0.3 is 10.6 Å². The van der Waals surface area contributed by atoms with Crippen molar-refractivity contribution >= 4 is 5.91 Å². The molecule has 3 nitrogen and oxygen atoms in total. The Balaban J connectivity index is 1.45. The van der Waals surface area contributed by atoms with Crippen molar-refractivity contribution in [2.24, 2.45) is 0 Å². The fourth-order valence-corrected chi connectivity index (χ4v) is 2.99. The molecular formula is C15H20N2O. The Kier molecular flexibility index (Phi) is 3.33. The van der Waals surface area contributed by atoms with Gasteiger partial charge in [0.2, 0.25) is 5.91 Å². The van der Waals surface area contributed by atoms with Crippen molar-refractivity contribution in [2.45, 2.75) is 37.6 Å². The van der Waals surface area contributed by atoms with E-state index in [9.17, 15) is 4.79 Å². The normalized spacial score (nSPS) is 25.3. The molecule has 1 aromatic carbocycles. The standard InChI is InChI=1S/C15H20N2O/c18-15(17-9-7-12-5-3-8-16-12)14-10-11-4-1-2-6-13(11)14/h1-2,4,6,12,14,16H,3,5,7-10H2,(H,17,18).